The second-order valence-corrected chi connectivity index (χ2v) is 6.18. The molecule has 1 unspecified atom stereocenters. The standard InChI is InChI=1S/C16H24N2O3/c1-16(2,3)21-15(19)18-9-8-17-11-13-10-12-6-4-5-7-14(12)20-13/h4-7,13,17H,8-11H2,1-3H3,(H,18,19). The average Bonchev–Trinajstić information content (AvgIpc) is 2.78. The van der Waals surface area contributed by atoms with Crippen molar-refractivity contribution in [3.8, 4) is 5.75 Å². The minimum atomic E-state index is -0.457. The van der Waals surface area contributed by atoms with Gasteiger partial charge in [-0.3, -0.25) is 0 Å². The molecule has 1 heterocycles. The van der Waals surface area contributed by atoms with E-state index >= 15 is 0 Å². The van der Waals surface area contributed by atoms with Gasteiger partial charge in [0.25, 0.3) is 0 Å². The van der Waals surface area contributed by atoms with Crippen LogP contribution in [-0.4, -0.2) is 37.4 Å². The molecule has 0 aliphatic carbocycles. The van der Waals surface area contributed by atoms with Crippen LogP contribution in [0.2, 0.25) is 0 Å². The Morgan fingerprint density at radius 2 is 2.10 bits per heavy atom. The molecule has 2 N–H and O–H groups in total. The summed E-state index contributed by atoms with van der Waals surface area (Å²) in [5, 5.41) is 6.00. The van der Waals surface area contributed by atoms with Crippen molar-refractivity contribution in [2.24, 2.45) is 0 Å². The Balaban J connectivity index is 1.57. The summed E-state index contributed by atoms with van der Waals surface area (Å²) in [6.07, 6.45) is 0.723. The molecule has 0 saturated heterocycles. The first-order chi connectivity index (χ1) is 9.94. The van der Waals surface area contributed by atoms with Crippen LogP contribution in [-0.2, 0) is 11.2 Å². The SMILES string of the molecule is CC(C)(C)OC(=O)NCCNCC1Cc2ccccc2O1. The van der Waals surface area contributed by atoms with Gasteiger partial charge in [-0.15, -0.1) is 0 Å². The molecule has 0 spiro atoms. The third kappa shape index (κ3) is 5.27. The first-order valence-corrected chi connectivity index (χ1v) is 7.36. The third-order valence-electron chi connectivity index (χ3n) is 3.06. The molecule has 21 heavy (non-hydrogen) atoms. The lowest BCUT2D eigenvalue weighted by atomic mass is 10.1. The first kappa shape index (κ1) is 15.6. The quantitative estimate of drug-likeness (QED) is 0.816. The number of ether oxygens (including phenoxy) is 2. The predicted octanol–water partition coefficient (Wildman–Crippen LogP) is 2.10. The second kappa shape index (κ2) is 6.80. The highest BCUT2D eigenvalue weighted by molar-refractivity contribution is 5.67. The van der Waals surface area contributed by atoms with Crippen LogP contribution in [0.1, 0.15) is 26.3 Å². The highest BCUT2D eigenvalue weighted by atomic mass is 16.6. The molecule has 0 saturated carbocycles. The molecule has 5 heteroatoms. The maximum absolute atomic E-state index is 11.4. The van der Waals surface area contributed by atoms with Gasteiger partial charge in [-0.05, 0) is 32.4 Å². The molecule has 1 aliphatic heterocycles. The number of hydrogen-bond acceptors (Lipinski definition) is 4. The molecule has 116 valence electrons. The zero-order valence-corrected chi connectivity index (χ0v) is 12.9. The summed E-state index contributed by atoms with van der Waals surface area (Å²) < 4.78 is 11.0. The van der Waals surface area contributed by atoms with Crippen molar-refractivity contribution in [3.63, 3.8) is 0 Å². The van der Waals surface area contributed by atoms with E-state index in [-0.39, 0.29) is 12.2 Å². The highest BCUT2D eigenvalue weighted by Gasteiger charge is 2.21. The predicted molar refractivity (Wildman–Crippen MR) is 81.7 cm³/mol. The summed E-state index contributed by atoms with van der Waals surface area (Å²) in [5.74, 6) is 0.983. The summed E-state index contributed by atoms with van der Waals surface area (Å²) in [4.78, 5) is 11.4. The van der Waals surface area contributed by atoms with Gasteiger partial charge in [0.2, 0.25) is 0 Å². The number of carbonyl (C=O) groups excluding carboxylic acids is 1. The second-order valence-electron chi connectivity index (χ2n) is 6.18. The van der Waals surface area contributed by atoms with Gasteiger partial charge < -0.3 is 20.1 Å². The van der Waals surface area contributed by atoms with Crippen LogP contribution in [0.25, 0.3) is 0 Å². The Morgan fingerprint density at radius 3 is 2.81 bits per heavy atom. The van der Waals surface area contributed by atoms with Gasteiger partial charge in [0.15, 0.2) is 0 Å². The van der Waals surface area contributed by atoms with Crippen LogP contribution < -0.4 is 15.4 Å². The lowest BCUT2D eigenvalue weighted by Crippen LogP contribution is -2.38. The third-order valence-corrected chi connectivity index (χ3v) is 3.06. The Kier molecular flexibility index (Phi) is 5.07. The van der Waals surface area contributed by atoms with Crippen molar-refractivity contribution in [2.75, 3.05) is 19.6 Å². The van der Waals surface area contributed by atoms with Crippen LogP contribution in [0.3, 0.4) is 0 Å². The van der Waals surface area contributed by atoms with Gasteiger partial charge >= 0.3 is 6.09 Å². The largest absolute Gasteiger partial charge is 0.488 e. The number of benzene rings is 1. The number of alkyl carbamates (subject to hydrolysis) is 1. The maximum Gasteiger partial charge on any atom is 0.407 e. The molecular formula is C16H24N2O3. The molecule has 0 bridgehead atoms. The highest BCUT2D eigenvalue weighted by Crippen LogP contribution is 2.27. The fourth-order valence-electron chi connectivity index (χ4n) is 2.20. The minimum Gasteiger partial charge on any atom is -0.488 e. The van der Waals surface area contributed by atoms with E-state index in [9.17, 15) is 4.79 Å². The van der Waals surface area contributed by atoms with Crippen molar-refractivity contribution in [2.45, 2.75) is 38.9 Å². The summed E-state index contributed by atoms with van der Waals surface area (Å²) in [7, 11) is 0. The molecular weight excluding hydrogens is 268 g/mol. The van der Waals surface area contributed by atoms with Gasteiger partial charge in [-0.2, -0.15) is 0 Å². The molecule has 5 nitrogen and oxygen atoms in total. The Labute approximate surface area is 126 Å². The smallest absolute Gasteiger partial charge is 0.407 e. The molecule has 1 aliphatic rings. The number of fused-ring (bicyclic) bond motifs is 1. The first-order valence-electron chi connectivity index (χ1n) is 7.36. The van der Waals surface area contributed by atoms with E-state index in [0.29, 0.717) is 13.1 Å². The van der Waals surface area contributed by atoms with E-state index in [0.717, 1.165) is 18.7 Å². The van der Waals surface area contributed by atoms with Crippen LogP contribution in [0.15, 0.2) is 24.3 Å². The van der Waals surface area contributed by atoms with Gasteiger partial charge in [-0.1, -0.05) is 18.2 Å². The van der Waals surface area contributed by atoms with Crippen molar-refractivity contribution in [1.82, 2.24) is 10.6 Å². The summed E-state index contributed by atoms with van der Waals surface area (Å²) >= 11 is 0. The zero-order valence-electron chi connectivity index (χ0n) is 12.9. The van der Waals surface area contributed by atoms with E-state index in [1.165, 1.54) is 5.56 Å². The van der Waals surface area contributed by atoms with E-state index in [2.05, 4.69) is 16.7 Å². The topological polar surface area (TPSA) is 59.6 Å². The van der Waals surface area contributed by atoms with E-state index in [1.807, 2.05) is 39.0 Å². The van der Waals surface area contributed by atoms with Crippen LogP contribution in [0.4, 0.5) is 4.79 Å². The van der Waals surface area contributed by atoms with Crippen molar-refractivity contribution in [1.29, 1.82) is 0 Å². The van der Waals surface area contributed by atoms with Gasteiger partial charge in [0.05, 0.1) is 0 Å². The molecule has 0 radical (unpaired) electrons. The fourth-order valence-corrected chi connectivity index (χ4v) is 2.20. The summed E-state index contributed by atoms with van der Waals surface area (Å²) in [5.41, 5.74) is 0.803. The number of nitrogens with one attached hydrogen (secondary N) is 2. The van der Waals surface area contributed by atoms with Crippen LogP contribution in [0, 0.1) is 0 Å². The molecule has 1 amide bonds. The molecule has 0 aromatic heterocycles. The van der Waals surface area contributed by atoms with Crippen molar-refractivity contribution in [3.05, 3.63) is 29.8 Å². The average molecular weight is 292 g/mol. The number of carbonyl (C=O) groups is 1. The maximum atomic E-state index is 11.4. The summed E-state index contributed by atoms with van der Waals surface area (Å²) in [6.45, 7) is 7.54. The molecule has 1 aromatic carbocycles. The number of amides is 1. The fraction of sp³-hybridized carbons (Fsp3) is 0.562. The van der Waals surface area contributed by atoms with Crippen molar-refractivity contribution < 1.29 is 14.3 Å². The van der Waals surface area contributed by atoms with Crippen LogP contribution >= 0.6 is 0 Å². The van der Waals surface area contributed by atoms with Gasteiger partial charge in [-0.25, -0.2) is 4.79 Å². The normalized spacial score (nSPS) is 17.0. The number of hydrogen-bond donors (Lipinski definition) is 2. The minimum absolute atomic E-state index is 0.170. The Hall–Kier alpha value is -1.75. The lowest BCUT2D eigenvalue weighted by Gasteiger charge is -2.19. The molecule has 2 rings (SSSR count). The number of rotatable bonds is 5. The summed E-state index contributed by atoms with van der Waals surface area (Å²) in [6, 6.07) is 8.11. The monoisotopic (exact) mass is 292 g/mol. The molecule has 1 atom stereocenters. The zero-order chi connectivity index (χ0) is 15.3. The van der Waals surface area contributed by atoms with Crippen LogP contribution in [0.5, 0.6) is 5.75 Å². The van der Waals surface area contributed by atoms with Gasteiger partial charge in [0.1, 0.15) is 17.5 Å². The Morgan fingerprint density at radius 1 is 1.33 bits per heavy atom. The molecule has 1 aromatic rings. The number of para-hydroxylation sites is 1. The van der Waals surface area contributed by atoms with Gasteiger partial charge in [0, 0.05) is 26.1 Å². The lowest BCUT2D eigenvalue weighted by molar-refractivity contribution is 0.0528. The molecule has 0 fully saturated rings. The van der Waals surface area contributed by atoms with E-state index < -0.39 is 5.60 Å². The van der Waals surface area contributed by atoms with E-state index in [1.54, 1.807) is 0 Å². The Bertz CT molecular complexity index is 458. The van der Waals surface area contributed by atoms with Crippen molar-refractivity contribution >= 4 is 6.09 Å². The van der Waals surface area contributed by atoms with E-state index in [4.69, 9.17) is 9.47 Å².